The van der Waals surface area contributed by atoms with E-state index in [4.69, 9.17) is 9.97 Å². The number of hydrogen-bond donors (Lipinski definition) is 0. The fraction of sp³-hybridized carbons (Fsp3) is 0.0769. The number of halogens is 1. The van der Waals surface area contributed by atoms with Crippen LogP contribution in [-0.4, -0.2) is 9.97 Å². The summed E-state index contributed by atoms with van der Waals surface area (Å²) >= 11 is 3.67. The van der Waals surface area contributed by atoms with E-state index < -0.39 is 0 Å². The predicted octanol–water partition coefficient (Wildman–Crippen LogP) is 6.48. The van der Waals surface area contributed by atoms with Crippen molar-refractivity contribution in [2.24, 2.45) is 0 Å². The third-order valence-electron chi connectivity index (χ3n) is 5.07. The number of rotatable bonds is 0. The maximum Gasteiger partial charge on any atom is 0.0706 e. The van der Waals surface area contributed by atoms with Crippen LogP contribution < -0.4 is 0 Å². The summed E-state index contributed by atoms with van der Waals surface area (Å²) in [5.41, 5.74) is 8.60. The molecule has 1 aliphatic heterocycles. The van der Waals surface area contributed by atoms with Gasteiger partial charge in [0.15, 0.2) is 0 Å². The van der Waals surface area contributed by atoms with E-state index in [1.807, 2.05) is 18.6 Å². The van der Waals surface area contributed by atoms with Gasteiger partial charge >= 0.3 is 0 Å². The Morgan fingerprint density at radius 2 is 1.28 bits per heavy atom. The van der Waals surface area contributed by atoms with Gasteiger partial charge in [0.2, 0.25) is 0 Å². The molecule has 0 unspecified atom stereocenters. The molecule has 29 heavy (non-hydrogen) atoms. The third kappa shape index (κ3) is 4.15. The third-order valence-corrected chi connectivity index (χ3v) is 5.53. The Morgan fingerprint density at radius 3 is 2.07 bits per heavy atom. The lowest BCUT2D eigenvalue weighted by molar-refractivity contribution is 1.03. The average molecular weight is 439 g/mol. The van der Waals surface area contributed by atoms with Crippen molar-refractivity contribution < 1.29 is 0 Å². The van der Waals surface area contributed by atoms with E-state index in [1.54, 1.807) is 0 Å². The molecule has 0 fully saturated rings. The van der Waals surface area contributed by atoms with Gasteiger partial charge in [0.05, 0.1) is 29.2 Å². The topological polar surface area (TPSA) is 25.8 Å². The summed E-state index contributed by atoms with van der Waals surface area (Å²) in [6, 6.07) is 27.5. The summed E-state index contributed by atoms with van der Waals surface area (Å²) in [5, 5.41) is 0. The zero-order valence-electron chi connectivity index (χ0n) is 15.8. The number of benzene rings is 2. The van der Waals surface area contributed by atoms with E-state index in [0.717, 1.165) is 51.2 Å². The second-order valence-corrected chi connectivity index (χ2v) is 8.20. The van der Waals surface area contributed by atoms with Gasteiger partial charge in [0.25, 0.3) is 0 Å². The summed E-state index contributed by atoms with van der Waals surface area (Å²) in [7, 11) is 0. The van der Waals surface area contributed by atoms with Gasteiger partial charge in [-0.25, -0.2) is 0 Å². The quantitative estimate of drug-likeness (QED) is 0.314. The van der Waals surface area contributed by atoms with E-state index >= 15 is 0 Å². The standard InChI is InChI=1S/C26H19BrN2/c27-22-15-19-7-1-5-18-6-2-8-20(13-18)25-11-3-9-23(28-25)17-24-10-4-12-26(29-24)21(14-19)16-22/h1-4,6,8-17H,5,7H2. The Labute approximate surface area is 179 Å². The SMILES string of the molecule is Brc1cc2cc(c1)-c1cccc(n1)[CH]c1cccc(n1)-c1cccc(c1)C[CH]C2. The van der Waals surface area contributed by atoms with Crippen molar-refractivity contribution in [3.63, 3.8) is 0 Å². The Hall–Kier alpha value is -2.78. The molecule has 1 aliphatic rings. The molecule has 140 valence electrons. The number of pyridine rings is 2. The zero-order chi connectivity index (χ0) is 19.6. The molecule has 0 spiro atoms. The van der Waals surface area contributed by atoms with Crippen LogP contribution in [0.5, 0.6) is 0 Å². The van der Waals surface area contributed by atoms with Crippen LogP contribution in [0.3, 0.4) is 0 Å². The van der Waals surface area contributed by atoms with E-state index in [9.17, 15) is 0 Å². The average Bonchev–Trinajstić information content (AvgIpc) is 2.73. The molecule has 0 aliphatic carbocycles. The molecular formula is C26H19BrN2. The smallest absolute Gasteiger partial charge is 0.0706 e. The van der Waals surface area contributed by atoms with Gasteiger partial charge < -0.3 is 0 Å². The first-order valence-electron chi connectivity index (χ1n) is 9.73. The second kappa shape index (κ2) is 7.92. The van der Waals surface area contributed by atoms with Gasteiger partial charge in [-0.3, -0.25) is 9.97 Å². The summed E-state index contributed by atoms with van der Waals surface area (Å²) in [6.45, 7) is 0. The first-order chi connectivity index (χ1) is 14.2. The normalized spacial score (nSPS) is 13.1. The van der Waals surface area contributed by atoms with Crippen LogP contribution in [-0.2, 0) is 12.8 Å². The minimum atomic E-state index is 0.904. The highest BCUT2D eigenvalue weighted by Gasteiger charge is 2.09. The highest BCUT2D eigenvalue weighted by Crippen LogP contribution is 2.27. The molecule has 0 atom stereocenters. The van der Waals surface area contributed by atoms with Crippen LogP contribution in [0.4, 0.5) is 0 Å². The Bertz CT molecular complexity index is 1180. The van der Waals surface area contributed by atoms with Gasteiger partial charge in [-0.2, -0.15) is 0 Å². The molecule has 0 saturated heterocycles. The summed E-state index contributed by atoms with van der Waals surface area (Å²) in [6.07, 6.45) is 6.21. The van der Waals surface area contributed by atoms with Gasteiger partial charge in [0.1, 0.15) is 0 Å². The van der Waals surface area contributed by atoms with Crippen molar-refractivity contribution in [1.82, 2.24) is 9.97 Å². The van der Waals surface area contributed by atoms with Crippen molar-refractivity contribution in [3.8, 4) is 22.5 Å². The van der Waals surface area contributed by atoms with Crippen molar-refractivity contribution in [2.75, 3.05) is 0 Å². The van der Waals surface area contributed by atoms with Crippen LogP contribution in [0.25, 0.3) is 22.5 Å². The van der Waals surface area contributed by atoms with E-state index in [1.165, 1.54) is 11.1 Å². The minimum absolute atomic E-state index is 0.904. The van der Waals surface area contributed by atoms with Crippen molar-refractivity contribution in [1.29, 1.82) is 0 Å². The molecule has 8 bridgehead atoms. The Morgan fingerprint density at radius 1 is 0.621 bits per heavy atom. The monoisotopic (exact) mass is 438 g/mol. The molecule has 4 aromatic rings. The highest BCUT2D eigenvalue weighted by atomic mass is 79.9. The Balaban J connectivity index is 1.63. The molecule has 3 heterocycles. The lowest BCUT2D eigenvalue weighted by Gasteiger charge is -2.11. The molecule has 2 radical (unpaired) electrons. The van der Waals surface area contributed by atoms with Gasteiger partial charge in [-0.15, -0.1) is 0 Å². The van der Waals surface area contributed by atoms with E-state index in [2.05, 4.69) is 89.1 Å². The van der Waals surface area contributed by atoms with Crippen LogP contribution in [0.2, 0.25) is 0 Å². The van der Waals surface area contributed by atoms with Crippen molar-refractivity contribution in [3.05, 3.63) is 119 Å². The first-order valence-corrected chi connectivity index (χ1v) is 10.5. The highest BCUT2D eigenvalue weighted by molar-refractivity contribution is 9.10. The van der Waals surface area contributed by atoms with Crippen LogP contribution in [0.15, 0.2) is 83.3 Å². The number of hydrogen-bond acceptors (Lipinski definition) is 2. The molecule has 5 rings (SSSR count). The first kappa shape index (κ1) is 18.3. The molecule has 2 aromatic carbocycles. The Kier molecular flexibility index (Phi) is 4.99. The molecule has 0 N–H and O–H groups in total. The van der Waals surface area contributed by atoms with Gasteiger partial charge in [0, 0.05) is 15.6 Å². The van der Waals surface area contributed by atoms with Crippen LogP contribution >= 0.6 is 15.9 Å². The minimum Gasteiger partial charge on any atom is -0.252 e. The lowest BCUT2D eigenvalue weighted by atomic mass is 9.99. The molecule has 3 heteroatoms. The molecular weight excluding hydrogens is 420 g/mol. The fourth-order valence-corrected chi connectivity index (χ4v) is 4.26. The number of nitrogens with zero attached hydrogens (tertiary/aromatic N) is 2. The summed E-state index contributed by atoms with van der Waals surface area (Å²) in [4.78, 5) is 9.72. The molecule has 0 saturated carbocycles. The maximum absolute atomic E-state index is 4.87. The molecule has 2 nitrogen and oxygen atoms in total. The lowest BCUT2D eigenvalue weighted by Crippen LogP contribution is -1.98. The second-order valence-electron chi connectivity index (χ2n) is 7.29. The molecule has 2 aromatic heterocycles. The van der Waals surface area contributed by atoms with Crippen molar-refractivity contribution >= 4 is 15.9 Å². The number of fused-ring (bicyclic) bond motifs is 10. The zero-order valence-corrected chi connectivity index (χ0v) is 17.4. The number of aromatic nitrogens is 2. The van der Waals surface area contributed by atoms with E-state index in [-0.39, 0.29) is 0 Å². The summed E-state index contributed by atoms with van der Waals surface area (Å²) in [5.74, 6) is 0. The summed E-state index contributed by atoms with van der Waals surface area (Å²) < 4.78 is 1.08. The predicted molar refractivity (Wildman–Crippen MR) is 121 cm³/mol. The van der Waals surface area contributed by atoms with Gasteiger partial charge in [-0.1, -0.05) is 46.3 Å². The largest absolute Gasteiger partial charge is 0.252 e. The van der Waals surface area contributed by atoms with Gasteiger partial charge in [-0.05, 0) is 78.9 Å². The van der Waals surface area contributed by atoms with Crippen LogP contribution in [0.1, 0.15) is 22.5 Å². The van der Waals surface area contributed by atoms with Crippen molar-refractivity contribution in [2.45, 2.75) is 12.8 Å². The molecule has 0 amide bonds. The fourth-order valence-electron chi connectivity index (χ4n) is 3.72. The van der Waals surface area contributed by atoms with E-state index in [0.29, 0.717) is 0 Å². The maximum atomic E-state index is 4.87. The van der Waals surface area contributed by atoms with Crippen LogP contribution in [0, 0.1) is 12.8 Å².